The Morgan fingerprint density at radius 2 is 2.29 bits per heavy atom. The molecule has 0 amide bonds. The molecular formula is C10H11N3S. The first-order valence-electron chi connectivity index (χ1n) is 4.32. The van der Waals surface area contributed by atoms with Gasteiger partial charge in [0.1, 0.15) is 5.54 Å². The minimum atomic E-state index is -0.406. The van der Waals surface area contributed by atoms with Gasteiger partial charge in [-0.1, -0.05) is 17.8 Å². The first-order chi connectivity index (χ1) is 6.71. The Balaban J connectivity index is 2.42. The molecule has 0 fully saturated rings. The van der Waals surface area contributed by atoms with Crippen LogP contribution >= 0.6 is 11.8 Å². The number of aromatic nitrogens is 1. The lowest BCUT2D eigenvalue weighted by molar-refractivity contribution is 0.611. The third kappa shape index (κ3) is 1.65. The highest BCUT2D eigenvalue weighted by molar-refractivity contribution is 8.16. The fraction of sp³-hybridized carbons (Fsp3) is 0.200. The zero-order valence-corrected chi connectivity index (χ0v) is 8.66. The number of nitrogens with two attached hydrogens (primary N) is 1. The van der Waals surface area contributed by atoms with E-state index in [1.54, 1.807) is 6.20 Å². The van der Waals surface area contributed by atoms with Gasteiger partial charge in [0.25, 0.3) is 0 Å². The van der Waals surface area contributed by atoms with Crippen LogP contribution in [0.1, 0.15) is 12.6 Å². The van der Waals surface area contributed by atoms with E-state index in [0.717, 1.165) is 5.69 Å². The molecule has 0 radical (unpaired) electrons. The molecular weight excluding hydrogens is 194 g/mol. The Kier molecular flexibility index (Phi) is 2.29. The first kappa shape index (κ1) is 9.27. The molecule has 1 aliphatic rings. The zero-order valence-electron chi connectivity index (χ0n) is 7.84. The molecule has 2 N–H and O–H groups in total. The maximum Gasteiger partial charge on any atom is 0.159 e. The summed E-state index contributed by atoms with van der Waals surface area (Å²) in [5.41, 5.74) is 6.19. The van der Waals surface area contributed by atoms with Crippen LogP contribution in [0.2, 0.25) is 0 Å². The lowest BCUT2D eigenvalue weighted by Crippen LogP contribution is -2.24. The van der Waals surface area contributed by atoms with E-state index in [-0.39, 0.29) is 0 Å². The van der Waals surface area contributed by atoms with Crippen molar-refractivity contribution >= 4 is 16.9 Å². The molecule has 2 rings (SSSR count). The number of hydrogen-bond donors (Lipinski definition) is 1. The number of hydrogen-bond acceptors (Lipinski definition) is 4. The largest absolute Gasteiger partial charge is 0.378 e. The van der Waals surface area contributed by atoms with Gasteiger partial charge in [0.2, 0.25) is 0 Å². The topological polar surface area (TPSA) is 51.3 Å². The van der Waals surface area contributed by atoms with Crippen LogP contribution in [-0.4, -0.2) is 10.2 Å². The molecule has 2 heterocycles. The Morgan fingerprint density at radius 1 is 1.43 bits per heavy atom. The van der Waals surface area contributed by atoms with Crippen LogP contribution in [-0.2, 0) is 5.54 Å². The minimum absolute atomic E-state index is 0.406. The maximum atomic E-state index is 5.68. The molecule has 0 bridgehead atoms. The predicted octanol–water partition coefficient (Wildman–Crippen LogP) is 1.87. The molecule has 1 atom stereocenters. The lowest BCUT2D eigenvalue weighted by atomic mass is 9.98. The van der Waals surface area contributed by atoms with Crippen molar-refractivity contribution in [3.63, 3.8) is 0 Å². The molecule has 0 aromatic carbocycles. The summed E-state index contributed by atoms with van der Waals surface area (Å²) in [7, 11) is 0. The van der Waals surface area contributed by atoms with Gasteiger partial charge in [0.15, 0.2) is 5.17 Å². The Bertz CT molecular complexity index is 386. The van der Waals surface area contributed by atoms with Crippen molar-refractivity contribution in [1.82, 2.24) is 4.98 Å². The van der Waals surface area contributed by atoms with Crippen molar-refractivity contribution in [2.75, 3.05) is 0 Å². The Morgan fingerprint density at radius 3 is 2.93 bits per heavy atom. The van der Waals surface area contributed by atoms with E-state index in [1.807, 2.05) is 36.6 Å². The van der Waals surface area contributed by atoms with Crippen molar-refractivity contribution in [3.05, 3.63) is 41.6 Å². The normalized spacial score (nSPS) is 25.9. The predicted molar refractivity (Wildman–Crippen MR) is 59.9 cm³/mol. The SMILES string of the molecule is C[C@@]1(c2ccccn2)C=CSC(N)=N1. The molecule has 0 aliphatic carbocycles. The summed E-state index contributed by atoms with van der Waals surface area (Å²) in [6.45, 7) is 2.00. The van der Waals surface area contributed by atoms with Crippen LogP contribution in [0.4, 0.5) is 0 Å². The second-order valence-corrected chi connectivity index (χ2v) is 4.16. The van der Waals surface area contributed by atoms with E-state index in [4.69, 9.17) is 5.73 Å². The molecule has 14 heavy (non-hydrogen) atoms. The molecule has 0 unspecified atom stereocenters. The van der Waals surface area contributed by atoms with Gasteiger partial charge in [0, 0.05) is 6.20 Å². The maximum absolute atomic E-state index is 5.68. The fourth-order valence-electron chi connectivity index (χ4n) is 1.33. The number of thioether (sulfide) groups is 1. The van der Waals surface area contributed by atoms with Crippen LogP contribution < -0.4 is 5.73 Å². The van der Waals surface area contributed by atoms with Crippen LogP contribution in [0.15, 0.2) is 40.9 Å². The Hall–Kier alpha value is -1.29. The van der Waals surface area contributed by atoms with E-state index in [1.165, 1.54) is 11.8 Å². The summed E-state index contributed by atoms with van der Waals surface area (Å²) in [6, 6.07) is 5.80. The van der Waals surface area contributed by atoms with E-state index < -0.39 is 5.54 Å². The lowest BCUT2D eigenvalue weighted by Gasteiger charge is -2.23. The number of pyridine rings is 1. The van der Waals surface area contributed by atoms with E-state index in [9.17, 15) is 0 Å². The van der Waals surface area contributed by atoms with Crippen molar-refractivity contribution in [1.29, 1.82) is 0 Å². The number of nitrogens with zero attached hydrogens (tertiary/aromatic N) is 2. The molecule has 1 aliphatic heterocycles. The fourth-order valence-corrected chi connectivity index (χ4v) is 2.05. The molecule has 72 valence electrons. The molecule has 3 nitrogen and oxygen atoms in total. The summed E-state index contributed by atoms with van der Waals surface area (Å²) < 4.78 is 0. The summed E-state index contributed by atoms with van der Waals surface area (Å²) in [5.74, 6) is 0. The minimum Gasteiger partial charge on any atom is -0.378 e. The van der Waals surface area contributed by atoms with Crippen molar-refractivity contribution < 1.29 is 0 Å². The average molecular weight is 205 g/mol. The highest BCUT2D eigenvalue weighted by Crippen LogP contribution is 2.30. The number of aliphatic imine (C=N–C) groups is 1. The van der Waals surface area contributed by atoms with Gasteiger partial charge in [0.05, 0.1) is 5.69 Å². The molecule has 4 heteroatoms. The van der Waals surface area contributed by atoms with Crippen LogP contribution in [0.3, 0.4) is 0 Å². The van der Waals surface area contributed by atoms with Crippen LogP contribution in [0, 0.1) is 0 Å². The molecule has 1 aromatic heterocycles. The van der Waals surface area contributed by atoms with E-state index in [2.05, 4.69) is 9.98 Å². The van der Waals surface area contributed by atoms with Crippen molar-refractivity contribution in [2.24, 2.45) is 10.7 Å². The third-order valence-electron chi connectivity index (χ3n) is 2.11. The monoisotopic (exact) mass is 205 g/mol. The van der Waals surface area contributed by atoms with Crippen molar-refractivity contribution in [3.8, 4) is 0 Å². The second kappa shape index (κ2) is 3.46. The molecule has 0 spiro atoms. The third-order valence-corrected chi connectivity index (χ3v) is 2.71. The van der Waals surface area contributed by atoms with Crippen LogP contribution in [0.25, 0.3) is 0 Å². The summed E-state index contributed by atoms with van der Waals surface area (Å²) in [6.07, 6.45) is 3.78. The highest BCUT2D eigenvalue weighted by Gasteiger charge is 2.26. The Labute approximate surface area is 87.1 Å². The van der Waals surface area contributed by atoms with E-state index >= 15 is 0 Å². The second-order valence-electron chi connectivity index (χ2n) is 3.23. The zero-order chi connectivity index (χ0) is 10.0. The summed E-state index contributed by atoms with van der Waals surface area (Å²) in [4.78, 5) is 8.68. The number of amidine groups is 1. The molecule has 1 aromatic rings. The number of rotatable bonds is 1. The van der Waals surface area contributed by atoms with Gasteiger partial charge in [-0.25, -0.2) is 4.99 Å². The quantitative estimate of drug-likeness (QED) is 0.761. The van der Waals surface area contributed by atoms with Crippen molar-refractivity contribution in [2.45, 2.75) is 12.5 Å². The standard InChI is InChI=1S/C10H11N3S/c1-10(5-7-14-9(11)13-10)8-4-2-3-6-12-8/h2-7H,1H3,(H2,11,13)/t10-/m0/s1. The highest BCUT2D eigenvalue weighted by atomic mass is 32.2. The summed E-state index contributed by atoms with van der Waals surface area (Å²) >= 11 is 1.43. The van der Waals surface area contributed by atoms with Gasteiger partial charge < -0.3 is 5.73 Å². The van der Waals surface area contributed by atoms with E-state index in [0.29, 0.717) is 5.17 Å². The smallest absolute Gasteiger partial charge is 0.159 e. The van der Waals surface area contributed by atoms with Gasteiger partial charge in [-0.3, -0.25) is 4.98 Å². The molecule has 0 saturated heterocycles. The van der Waals surface area contributed by atoms with Gasteiger partial charge in [-0.05, 0) is 30.5 Å². The van der Waals surface area contributed by atoms with Gasteiger partial charge in [-0.2, -0.15) is 0 Å². The van der Waals surface area contributed by atoms with Gasteiger partial charge >= 0.3 is 0 Å². The first-order valence-corrected chi connectivity index (χ1v) is 5.20. The van der Waals surface area contributed by atoms with Gasteiger partial charge in [-0.15, -0.1) is 0 Å². The summed E-state index contributed by atoms with van der Waals surface area (Å²) in [5, 5.41) is 2.54. The molecule has 0 saturated carbocycles. The average Bonchev–Trinajstić information content (AvgIpc) is 2.19. The van der Waals surface area contributed by atoms with Crippen LogP contribution in [0.5, 0.6) is 0 Å².